The number of fused-ring (bicyclic) bond motifs is 1. The number of benzene rings is 1. The first kappa shape index (κ1) is 13.1. The Hall–Kier alpha value is -1.92. The lowest BCUT2D eigenvalue weighted by molar-refractivity contribution is 0.0701. The van der Waals surface area contributed by atoms with E-state index in [1.54, 1.807) is 18.6 Å². The number of carboxylic acids is 1. The van der Waals surface area contributed by atoms with Crippen LogP contribution < -0.4 is 0 Å². The number of carboxylic acid groups (broad SMARTS) is 1. The van der Waals surface area contributed by atoms with Crippen LogP contribution in [0.15, 0.2) is 47.9 Å². The van der Waals surface area contributed by atoms with E-state index in [9.17, 15) is 9.90 Å². The van der Waals surface area contributed by atoms with Gasteiger partial charge in [-0.15, -0.1) is 23.1 Å². The van der Waals surface area contributed by atoms with Crippen LogP contribution in [0, 0.1) is 0 Å². The van der Waals surface area contributed by atoms with Gasteiger partial charge in [0.25, 0.3) is 0 Å². The van der Waals surface area contributed by atoms with Gasteiger partial charge in [-0.1, -0.05) is 18.2 Å². The predicted molar refractivity (Wildman–Crippen MR) is 80.4 cm³/mol. The lowest BCUT2D eigenvalue weighted by Gasteiger charge is -2.01. The second-order valence-electron chi connectivity index (χ2n) is 4.04. The Morgan fingerprint density at radius 2 is 2.15 bits per heavy atom. The van der Waals surface area contributed by atoms with Gasteiger partial charge in [0.2, 0.25) is 0 Å². The molecule has 6 heteroatoms. The van der Waals surface area contributed by atoms with Gasteiger partial charge in [-0.3, -0.25) is 4.98 Å². The first-order chi connectivity index (χ1) is 9.75. The van der Waals surface area contributed by atoms with Crippen LogP contribution in [0.2, 0.25) is 0 Å². The molecule has 100 valence electrons. The second-order valence-corrected chi connectivity index (χ2v) is 6.09. The molecular formula is C14H10N2O2S2. The van der Waals surface area contributed by atoms with E-state index in [4.69, 9.17) is 0 Å². The van der Waals surface area contributed by atoms with Crippen LogP contribution in [0.3, 0.4) is 0 Å². The number of aromatic nitrogens is 2. The standard InChI is InChI=1S/C14H10N2O2S2/c17-14(18)13-10(8-19-12-7-15-5-6-16-12)9-3-1-2-4-11(9)20-13/h1-7H,8H2,(H,17,18). The number of hydrogen-bond donors (Lipinski definition) is 1. The van der Waals surface area contributed by atoms with Crippen molar-refractivity contribution < 1.29 is 9.90 Å². The molecule has 0 saturated carbocycles. The monoisotopic (exact) mass is 302 g/mol. The van der Waals surface area contributed by atoms with E-state index in [2.05, 4.69) is 9.97 Å². The summed E-state index contributed by atoms with van der Waals surface area (Å²) in [5.74, 6) is -0.300. The van der Waals surface area contributed by atoms with Gasteiger partial charge in [-0.05, 0) is 17.0 Å². The number of nitrogens with zero attached hydrogens (tertiary/aromatic N) is 2. The fourth-order valence-electron chi connectivity index (χ4n) is 1.92. The predicted octanol–water partition coefficient (Wildman–Crippen LogP) is 3.68. The minimum absolute atomic E-state index is 0.405. The zero-order valence-corrected chi connectivity index (χ0v) is 11.9. The molecule has 1 aromatic carbocycles. The van der Waals surface area contributed by atoms with Gasteiger partial charge in [0, 0.05) is 22.8 Å². The molecule has 1 N–H and O–H groups in total. The molecule has 0 bridgehead atoms. The fraction of sp³-hybridized carbons (Fsp3) is 0.0714. The van der Waals surface area contributed by atoms with Gasteiger partial charge < -0.3 is 5.11 Å². The highest BCUT2D eigenvalue weighted by atomic mass is 32.2. The summed E-state index contributed by atoms with van der Waals surface area (Å²) in [5.41, 5.74) is 0.855. The van der Waals surface area contributed by atoms with Gasteiger partial charge >= 0.3 is 5.97 Å². The van der Waals surface area contributed by atoms with E-state index >= 15 is 0 Å². The summed E-state index contributed by atoms with van der Waals surface area (Å²) in [7, 11) is 0. The maximum atomic E-state index is 11.4. The molecule has 0 atom stereocenters. The Labute approximate surface area is 123 Å². The molecule has 0 saturated heterocycles. The van der Waals surface area contributed by atoms with Gasteiger partial charge in [-0.2, -0.15) is 0 Å². The molecule has 3 aromatic rings. The van der Waals surface area contributed by atoms with Gasteiger partial charge in [0.15, 0.2) is 0 Å². The van der Waals surface area contributed by atoms with E-state index in [1.165, 1.54) is 23.1 Å². The van der Waals surface area contributed by atoms with Crippen LogP contribution in [-0.2, 0) is 5.75 Å². The Kier molecular flexibility index (Phi) is 3.66. The Morgan fingerprint density at radius 3 is 2.90 bits per heavy atom. The molecule has 0 amide bonds. The summed E-state index contributed by atoms with van der Waals surface area (Å²) in [5, 5.41) is 11.1. The van der Waals surface area contributed by atoms with Crippen molar-refractivity contribution in [1.29, 1.82) is 0 Å². The zero-order chi connectivity index (χ0) is 13.9. The molecule has 2 heterocycles. The SMILES string of the molecule is O=C(O)c1sc2ccccc2c1CSc1cnccn1. The van der Waals surface area contributed by atoms with E-state index in [1.807, 2.05) is 24.3 Å². The van der Waals surface area contributed by atoms with Crippen molar-refractivity contribution in [2.75, 3.05) is 0 Å². The lowest BCUT2D eigenvalue weighted by Crippen LogP contribution is -1.96. The molecule has 0 spiro atoms. The molecule has 4 nitrogen and oxygen atoms in total. The third-order valence-electron chi connectivity index (χ3n) is 2.80. The second kappa shape index (κ2) is 5.60. The third kappa shape index (κ3) is 2.52. The Morgan fingerprint density at radius 1 is 1.30 bits per heavy atom. The van der Waals surface area contributed by atoms with Crippen LogP contribution in [-0.4, -0.2) is 21.0 Å². The molecule has 0 unspecified atom stereocenters. The average Bonchev–Trinajstić information content (AvgIpc) is 2.85. The minimum Gasteiger partial charge on any atom is -0.477 e. The summed E-state index contributed by atoms with van der Waals surface area (Å²) in [4.78, 5) is 20.0. The van der Waals surface area contributed by atoms with Crippen LogP contribution in [0.5, 0.6) is 0 Å². The summed E-state index contributed by atoms with van der Waals surface area (Å²) in [6.07, 6.45) is 4.93. The fourth-order valence-corrected chi connectivity index (χ4v) is 3.94. The number of thiophene rings is 1. The number of thioether (sulfide) groups is 1. The van der Waals surface area contributed by atoms with Crippen molar-refractivity contribution in [3.05, 3.63) is 53.3 Å². The summed E-state index contributed by atoms with van der Waals surface area (Å²) >= 11 is 2.81. The largest absolute Gasteiger partial charge is 0.477 e. The first-order valence-corrected chi connectivity index (χ1v) is 7.68. The van der Waals surface area contributed by atoms with Crippen LogP contribution in [0.25, 0.3) is 10.1 Å². The van der Waals surface area contributed by atoms with Gasteiger partial charge in [0.05, 0.1) is 6.20 Å². The van der Waals surface area contributed by atoms with Crippen LogP contribution >= 0.6 is 23.1 Å². The maximum Gasteiger partial charge on any atom is 0.346 e. The molecule has 0 fully saturated rings. The molecular weight excluding hydrogens is 292 g/mol. The zero-order valence-electron chi connectivity index (χ0n) is 10.3. The topological polar surface area (TPSA) is 63.1 Å². The van der Waals surface area contributed by atoms with Crippen molar-refractivity contribution in [2.24, 2.45) is 0 Å². The smallest absolute Gasteiger partial charge is 0.346 e. The summed E-state index contributed by atoms with van der Waals surface area (Å²) in [6.45, 7) is 0. The number of hydrogen-bond acceptors (Lipinski definition) is 5. The highest BCUT2D eigenvalue weighted by molar-refractivity contribution is 7.98. The van der Waals surface area contributed by atoms with Crippen molar-refractivity contribution in [3.8, 4) is 0 Å². The Balaban J connectivity index is 1.97. The normalized spacial score (nSPS) is 10.8. The minimum atomic E-state index is -0.874. The summed E-state index contributed by atoms with van der Waals surface area (Å²) < 4.78 is 1.000. The third-order valence-corrected chi connectivity index (χ3v) is 4.94. The van der Waals surface area contributed by atoms with E-state index in [0.717, 1.165) is 20.7 Å². The average molecular weight is 302 g/mol. The highest BCUT2D eigenvalue weighted by Crippen LogP contribution is 2.35. The molecule has 20 heavy (non-hydrogen) atoms. The van der Waals surface area contributed by atoms with E-state index < -0.39 is 5.97 Å². The molecule has 0 aliphatic heterocycles. The molecule has 0 aliphatic rings. The number of rotatable bonds is 4. The van der Waals surface area contributed by atoms with Crippen LogP contribution in [0.4, 0.5) is 0 Å². The number of aromatic carboxylic acids is 1. The first-order valence-electron chi connectivity index (χ1n) is 5.88. The molecule has 2 aromatic heterocycles. The van der Waals surface area contributed by atoms with Gasteiger partial charge in [-0.25, -0.2) is 9.78 Å². The van der Waals surface area contributed by atoms with E-state index in [-0.39, 0.29) is 0 Å². The molecule has 0 aliphatic carbocycles. The quantitative estimate of drug-likeness (QED) is 0.745. The van der Waals surface area contributed by atoms with Crippen molar-refractivity contribution in [1.82, 2.24) is 9.97 Å². The van der Waals surface area contributed by atoms with Crippen molar-refractivity contribution in [2.45, 2.75) is 10.8 Å². The Bertz CT molecular complexity index is 756. The number of carbonyl (C=O) groups is 1. The van der Waals surface area contributed by atoms with Crippen molar-refractivity contribution >= 4 is 39.2 Å². The van der Waals surface area contributed by atoms with Gasteiger partial charge in [0.1, 0.15) is 9.90 Å². The van der Waals surface area contributed by atoms with Crippen LogP contribution in [0.1, 0.15) is 15.2 Å². The molecule has 3 rings (SSSR count). The lowest BCUT2D eigenvalue weighted by atomic mass is 10.1. The van der Waals surface area contributed by atoms with Crippen molar-refractivity contribution in [3.63, 3.8) is 0 Å². The maximum absolute atomic E-state index is 11.4. The summed E-state index contributed by atoms with van der Waals surface area (Å²) in [6, 6.07) is 7.76. The molecule has 0 radical (unpaired) electrons. The van der Waals surface area contributed by atoms with E-state index in [0.29, 0.717) is 10.6 Å². The highest BCUT2D eigenvalue weighted by Gasteiger charge is 2.17.